The predicted molar refractivity (Wildman–Crippen MR) is 83.7 cm³/mol. The van der Waals surface area contributed by atoms with Crippen molar-refractivity contribution in [3.8, 4) is 0 Å². The van der Waals surface area contributed by atoms with E-state index in [1.807, 2.05) is 30.3 Å². The Hall–Kier alpha value is -2.34. The van der Waals surface area contributed by atoms with Crippen LogP contribution in [0.5, 0.6) is 0 Å². The van der Waals surface area contributed by atoms with Crippen LogP contribution in [-0.4, -0.2) is 45.9 Å². The van der Waals surface area contributed by atoms with Crippen LogP contribution in [0.15, 0.2) is 43.0 Å². The summed E-state index contributed by atoms with van der Waals surface area (Å²) in [4.78, 5) is 25.0. The van der Waals surface area contributed by atoms with Crippen LogP contribution >= 0.6 is 0 Å². The van der Waals surface area contributed by atoms with Gasteiger partial charge in [0.05, 0.1) is 18.1 Å². The van der Waals surface area contributed by atoms with E-state index < -0.39 is 30.1 Å². The average molecular weight is 319 g/mol. The minimum atomic E-state index is -1.06. The van der Waals surface area contributed by atoms with Crippen molar-refractivity contribution in [3.05, 3.63) is 48.6 Å². The molecule has 1 amide bonds. The Kier molecular flexibility index (Phi) is 5.76. The molecule has 0 aliphatic carbocycles. The molecule has 0 bridgehead atoms. The molecular formula is C17H21NO5. The zero-order valence-corrected chi connectivity index (χ0v) is 12.8. The van der Waals surface area contributed by atoms with Gasteiger partial charge >= 0.3 is 12.1 Å². The van der Waals surface area contributed by atoms with Gasteiger partial charge in [-0.25, -0.2) is 4.79 Å². The second-order valence-electron chi connectivity index (χ2n) is 5.55. The molecule has 2 N–H and O–H groups in total. The lowest BCUT2D eigenvalue weighted by Gasteiger charge is -2.29. The van der Waals surface area contributed by atoms with E-state index in [1.54, 1.807) is 0 Å². The van der Waals surface area contributed by atoms with E-state index in [0.29, 0.717) is 6.42 Å². The van der Waals surface area contributed by atoms with E-state index in [-0.39, 0.29) is 19.6 Å². The number of allylic oxidation sites excluding steroid dienone is 1. The number of carbonyl (C=O) groups is 2. The molecule has 3 unspecified atom stereocenters. The van der Waals surface area contributed by atoms with Crippen LogP contribution in [0.4, 0.5) is 4.79 Å². The average Bonchev–Trinajstić information content (AvgIpc) is 2.92. The Balaban J connectivity index is 2.05. The lowest BCUT2D eigenvalue weighted by Crippen LogP contribution is -2.47. The highest BCUT2D eigenvalue weighted by Gasteiger charge is 2.44. The van der Waals surface area contributed by atoms with E-state index in [9.17, 15) is 19.8 Å². The van der Waals surface area contributed by atoms with Gasteiger partial charge in [0.15, 0.2) is 0 Å². The van der Waals surface area contributed by atoms with Crippen molar-refractivity contribution in [2.75, 3.05) is 6.54 Å². The van der Waals surface area contributed by atoms with Crippen LogP contribution in [0, 0.1) is 5.92 Å². The van der Waals surface area contributed by atoms with Crippen LogP contribution in [-0.2, 0) is 16.1 Å². The first-order valence-corrected chi connectivity index (χ1v) is 7.53. The molecule has 1 aliphatic heterocycles. The van der Waals surface area contributed by atoms with Crippen LogP contribution < -0.4 is 0 Å². The Labute approximate surface area is 135 Å². The smallest absolute Gasteiger partial charge is 0.410 e. The Morgan fingerprint density at radius 2 is 2.09 bits per heavy atom. The Morgan fingerprint density at radius 1 is 1.39 bits per heavy atom. The molecule has 1 aromatic carbocycles. The van der Waals surface area contributed by atoms with E-state index >= 15 is 0 Å². The van der Waals surface area contributed by atoms with Crippen molar-refractivity contribution in [2.45, 2.75) is 31.6 Å². The number of carboxylic acids is 1. The normalized spacial score (nSPS) is 21.7. The molecule has 1 aromatic rings. The van der Waals surface area contributed by atoms with Crippen LogP contribution in [0.3, 0.4) is 0 Å². The van der Waals surface area contributed by atoms with Gasteiger partial charge in [0.2, 0.25) is 0 Å². The fraction of sp³-hybridized carbons (Fsp3) is 0.412. The van der Waals surface area contributed by atoms with Gasteiger partial charge in [-0.3, -0.25) is 4.79 Å². The topological polar surface area (TPSA) is 87.1 Å². The third-order valence-corrected chi connectivity index (χ3v) is 4.01. The zero-order chi connectivity index (χ0) is 16.8. The van der Waals surface area contributed by atoms with E-state index in [0.717, 1.165) is 5.56 Å². The number of ether oxygens (including phenoxy) is 1. The molecular weight excluding hydrogens is 298 g/mol. The first kappa shape index (κ1) is 17.0. The number of benzene rings is 1. The van der Waals surface area contributed by atoms with Gasteiger partial charge in [-0.1, -0.05) is 36.4 Å². The fourth-order valence-corrected chi connectivity index (χ4v) is 2.87. The summed E-state index contributed by atoms with van der Waals surface area (Å²) in [6.45, 7) is 3.93. The van der Waals surface area contributed by atoms with Crippen molar-refractivity contribution in [1.29, 1.82) is 0 Å². The van der Waals surface area contributed by atoms with E-state index in [2.05, 4.69) is 6.58 Å². The fourth-order valence-electron chi connectivity index (χ4n) is 2.87. The summed E-state index contributed by atoms with van der Waals surface area (Å²) in [5.41, 5.74) is 0.845. The molecule has 1 heterocycles. The minimum Gasteiger partial charge on any atom is -0.481 e. The number of carboxylic acid groups (broad SMARTS) is 1. The summed E-state index contributed by atoms with van der Waals surface area (Å²) < 4.78 is 5.26. The second-order valence-corrected chi connectivity index (χ2v) is 5.55. The maximum absolute atomic E-state index is 12.3. The largest absolute Gasteiger partial charge is 0.481 e. The van der Waals surface area contributed by atoms with Crippen molar-refractivity contribution >= 4 is 12.1 Å². The van der Waals surface area contributed by atoms with E-state index in [4.69, 9.17) is 4.74 Å². The number of carbonyl (C=O) groups excluding carboxylic acids is 1. The standard InChI is InChI=1S/C17H21NO5/c1-2-6-13(16(20)21)15-14(19)9-10-18(15)17(22)23-11-12-7-4-3-5-8-12/h2-5,7-8,13-15,19H,1,6,9-11H2,(H,20,21). The number of hydrogen-bond donors (Lipinski definition) is 2. The number of aliphatic carboxylic acids is 1. The van der Waals surface area contributed by atoms with Gasteiger partial charge in [-0.2, -0.15) is 0 Å². The number of amides is 1. The Bertz CT molecular complexity index is 559. The molecule has 1 saturated heterocycles. The number of likely N-dealkylation sites (tertiary alicyclic amines) is 1. The molecule has 6 nitrogen and oxygen atoms in total. The molecule has 1 fully saturated rings. The highest BCUT2D eigenvalue weighted by Crippen LogP contribution is 2.28. The third kappa shape index (κ3) is 4.10. The number of hydrogen-bond acceptors (Lipinski definition) is 4. The zero-order valence-electron chi connectivity index (χ0n) is 12.8. The molecule has 0 spiro atoms. The third-order valence-electron chi connectivity index (χ3n) is 4.01. The summed E-state index contributed by atoms with van der Waals surface area (Å²) in [5.74, 6) is -1.95. The predicted octanol–water partition coefficient (Wildman–Crippen LogP) is 2.04. The number of aliphatic hydroxyl groups excluding tert-OH is 1. The highest BCUT2D eigenvalue weighted by atomic mass is 16.6. The van der Waals surface area contributed by atoms with Crippen molar-refractivity contribution in [1.82, 2.24) is 4.90 Å². The molecule has 0 saturated carbocycles. The maximum Gasteiger partial charge on any atom is 0.410 e. The lowest BCUT2D eigenvalue weighted by atomic mass is 9.92. The van der Waals surface area contributed by atoms with Gasteiger partial charge in [0, 0.05) is 6.54 Å². The molecule has 1 aliphatic rings. The highest BCUT2D eigenvalue weighted by molar-refractivity contribution is 5.74. The minimum absolute atomic E-state index is 0.109. The first-order chi connectivity index (χ1) is 11.0. The van der Waals surface area contributed by atoms with Gasteiger partial charge in [-0.05, 0) is 18.4 Å². The van der Waals surface area contributed by atoms with Crippen molar-refractivity contribution in [3.63, 3.8) is 0 Å². The summed E-state index contributed by atoms with van der Waals surface area (Å²) in [7, 11) is 0. The summed E-state index contributed by atoms with van der Waals surface area (Å²) in [6, 6.07) is 8.42. The van der Waals surface area contributed by atoms with Crippen LogP contribution in [0.2, 0.25) is 0 Å². The number of rotatable bonds is 6. The van der Waals surface area contributed by atoms with Gasteiger partial charge < -0.3 is 19.8 Å². The van der Waals surface area contributed by atoms with Gasteiger partial charge in [0.25, 0.3) is 0 Å². The van der Waals surface area contributed by atoms with Crippen molar-refractivity contribution in [2.24, 2.45) is 5.92 Å². The summed E-state index contributed by atoms with van der Waals surface area (Å²) >= 11 is 0. The monoisotopic (exact) mass is 319 g/mol. The van der Waals surface area contributed by atoms with Crippen LogP contribution in [0.1, 0.15) is 18.4 Å². The summed E-state index contributed by atoms with van der Waals surface area (Å²) in [6.07, 6.45) is 0.522. The molecule has 2 rings (SSSR count). The summed E-state index contributed by atoms with van der Waals surface area (Å²) in [5, 5.41) is 19.4. The molecule has 0 radical (unpaired) electrons. The second kappa shape index (κ2) is 7.78. The van der Waals surface area contributed by atoms with Gasteiger partial charge in [-0.15, -0.1) is 6.58 Å². The van der Waals surface area contributed by atoms with Gasteiger partial charge in [0.1, 0.15) is 6.61 Å². The SMILES string of the molecule is C=CCC(C(=O)O)C1C(O)CCN1C(=O)OCc1ccccc1. The first-order valence-electron chi connectivity index (χ1n) is 7.53. The Morgan fingerprint density at radius 3 is 2.70 bits per heavy atom. The van der Waals surface area contributed by atoms with Crippen LogP contribution in [0.25, 0.3) is 0 Å². The van der Waals surface area contributed by atoms with E-state index in [1.165, 1.54) is 11.0 Å². The lowest BCUT2D eigenvalue weighted by molar-refractivity contribution is -0.144. The van der Waals surface area contributed by atoms with Crippen molar-refractivity contribution < 1.29 is 24.5 Å². The molecule has 124 valence electrons. The molecule has 23 heavy (non-hydrogen) atoms. The molecule has 3 atom stereocenters. The number of nitrogens with zero attached hydrogens (tertiary/aromatic N) is 1. The molecule has 6 heteroatoms. The quantitative estimate of drug-likeness (QED) is 0.784. The number of aliphatic hydroxyl groups is 1. The maximum atomic E-state index is 12.3. The molecule has 0 aromatic heterocycles.